The third-order valence-electron chi connectivity index (χ3n) is 1.44. The molecule has 0 aromatic heterocycles. The van der Waals surface area contributed by atoms with E-state index in [2.05, 4.69) is 0 Å². The molecule has 1 aromatic rings. The first kappa shape index (κ1) is 6.22. The minimum absolute atomic E-state index is 1.15. The molecule has 2 nitrogen and oxygen atoms in total. The topological polar surface area (TPSA) is 25.1 Å². The second-order valence-electron chi connectivity index (χ2n) is 2.22. The minimum Gasteiger partial charge on any atom is -0.102 e. The van der Waals surface area contributed by atoms with Gasteiger partial charge in [0.2, 0.25) is 0 Å². The van der Waals surface area contributed by atoms with Gasteiger partial charge in [0.25, 0.3) is 0 Å². The predicted octanol–water partition coefficient (Wildman–Crippen LogP) is 2.27. The molecule has 10 heavy (non-hydrogen) atoms. The average molecular weight is 156 g/mol. The van der Waals surface area contributed by atoms with Crippen LogP contribution in [0.25, 0.3) is 0 Å². The zero-order valence-electron chi connectivity index (χ0n) is 5.61. The summed E-state index contributed by atoms with van der Waals surface area (Å²) in [5, 5.41) is 0. The van der Waals surface area contributed by atoms with Crippen LogP contribution in [0, 0.1) is 0 Å². The Morgan fingerprint density at radius 2 is 1.70 bits per heavy atom. The zero-order chi connectivity index (χ0) is 7.03. The van der Waals surface area contributed by atoms with E-state index in [4.69, 9.17) is 8.67 Å². The second-order valence-corrected chi connectivity index (χ2v) is 4.51. The lowest BCUT2D eigenvalue weighted by atomic mass is 10.4. The molecule has 1 saturated heterocycles. The second kappa shape index (κ2) is 1.99. The van der Waals surface area contributed by atoms with E-state index in [9.17, 15) is 0 Å². The van der Waals surface area contributed by atoms with E-state index in [1.807, 2.05) is 36.6 Å². The summed E-state index contributed by atoms with van der Waals surface area (Å²) in [5.74, 6) is 0. The first-order valence-corrected chi connectivity index (χ1v) is 4.91. The van der Waals surface area contributed by atoms with Gasteiger partial charge in [-0.25, -0.2) is 0 Å². The molecule has 1 fully saturated rings. The molecule has 3 heteroatoms. The Bertz CT molecular complexity index is 231. The molecule has 0 bridgehead atoms. The van der Waals surface area contributed by atoms with Gasteiger partial charge in [-0.2, -0.15) is 0 Å². The quantitative estimate of drug-likeness (QED) is 0.460. The van der Waals surface area contributed by atoms with Crippen molar-refractivity contribution in [3.63, 3.8) is 0 Å². The normalized spacial score (nSPS) is 23.7. The Morgan fingerprint density at radius 3 is 2.20 bits per heavy atom. The first-order valence-electron chi connectivity index (χ1n) is 3.02. The van der Waals surface area contributed by atoms with Crippen molar-refractivity contribution in [3.8, 4) is 0 Å². The van der Waals surface area contributed by atoms with Crippen molar-refractivity contribution in [2.24, 2.45) is 0 Å². The molecule has 0 atom stereocenters. The highest BCUT2D eigenvalue weighted by Crippen LogP contribution is 2.68. The van der Waals surface area contributed by atoms with Gasteiger partial charge in [-0.05, 0) is 12.1 Å². The average Bonchev–Trinajstić information content (AvgIpc) is 2.72. The Hall–Kier alpha value is -0.510. The Labute approximate surface area is 61.4 Å². The van der Waals surface area contributed by atoms with Gasteiger partial charge in [0.05, 0.1) is 4.90 Å². The monoisotopic (exact) mass is 156 g/mol. The van der Waals surface area contributed by atoms with Gasteiger partial charge in [0.1, 0.15) is 0 Å². The Balaban J connectivity index is 2.35. The van der Waals surface area contributed by atoms with Crippen molar-refractivity contribution < 1.29 is 8.67 Å². The first-order chi connectivity index (χ1) is 4.81. The molecule has 0 spiro atoms. The molecule has 1 aliphatic heterocycles. The smallest absolute Gasteiger partial charge is 0.0645 e. The van der Waals surface area contributed by atoms with E-state index in [-0.39, 0.29) is 0 Å². The van der Waals surface area contributed by atoms with E-state index in [0.717, 1.165) is 4.90 Å². The van der Waals surface area contributed by atoms with Gasteiger partial charge in [-0.3, -0.25) is 0 Å². The molecule has 1 heterocycles. The van der Waals surface area contributed by atoms with Crippen LogP contribution in [0.5, 0.6) is 0 Å². The van der Waals surface area contributed by atoms with E-state index in [1.54, 1.807) is 0 Å². The minimum atomic E-state index is -1.25. The fraction of sp³-hybridized carbons (Fsp3) is 0.143. The van der Waals surface area contributed by atoms with Crippen LogP contribution in [-0.2, 0) is 8.67 Å². The predicted molar refractivity (Wildman–Crippen MR) is 40.4 cm³/mol. The number of hydrogen-bond acceptors (Lipinski definition) is 2. The van der Waals surface area contributed by atoms with Crippen molar-refractivity contribution >= 4 is 10.6 Å². The molecule has 54 valence electrons. The fourth-order valence-corrected chi connectivity index (χ4v) is 1.93. The maximum absolute atomic E-state index is 4.87. The van der Waals surface area contributed by atoms with Crippen molar-refractivity contribution in [1.29, 1.82) is 0 Å². The molecular formula is C7H8O2S. The highest BCUT2D eigenvalue weighted by molar-refractivity contribution is 8.28. The summed E-state index contributed by atoms with van der Waals surface area (Å²) in [6, 6.07) is 9.98. The number of benzene rings is 1. The molecule has 2 rings (SSSR count). The number of hydrogen-bond donors (Lipinski definition) is 0. The van der Waals surface area contributed by atoms with Crippen LogP contribution in [0.4, 0.5) is 0 Å². The molecule has 1 aromatic carbocycles. The van der Waals surface area contributed by atoms with Crippen LogP contribution in [0.2, 0.25) is 0 Å². The van der Waals surface area contributed by atoms with E-state index < -0.39 is 10.6 Å². The molecule has 1 aliphatic rings. The van der Waals surface area contributed by atoms with Crippen LogP contribution >= 0.6 is 10.6 Å². The fourth-order valence-electron chi connectivity index (χ4n) is 0.788. The van der Waals surface area contributed by atoms with Gasteiger partial charge in [-0.1, -0.05) is 26.9 Å². The van der Waals surface area contributed by atoms with Gasteiger partial charge in [0.15, 0.2) is 0 Å². The lowest BCUT2D eigenvalue weighted by Gasteiger charge is -2.06. The summed E-state index contributed by atoms with van der Waals surface area (Å²) in [5.41, 5.74) is 0. The van der Waals surface area contributed by atoms with Crippen LogP contribution in [0.15, 0.2) is 35.2 Å². The third kappa shape index (κ3) is 0.923. The SMILES string of the molecule is CS1(c2ccccc2)OO1. The molecule has 0 N–H and O–H groups in total. The van der Waals surface area contributed by atoms with Crippen LogP contribution < -0.4 is 0 Å². The highest BCUT2D eigenvalue weighted by Gasteiger charge is 2.34. The molecule has 0 amide bonds. The van der Waals surface area contributed by atoms with Crippen LogP contribution in [0.3, 0.4) is 0 Å². The standard InChI is InChI=1S/C7H8O2S/c1-10(8-9-10)7-5-3-2-4-6-7/h2-6H,1H3. The van der Waals surface area contributed by atoms with Gasteiger partial charge < -0.3 is 0 Å². The summed E-state index contributed by atoms with van der Waals surface area (Å²) in [4.78, 5) is 1.15. The Morgan fingerprint density at radius 1 is 1.10 bits per heavy atom. The van der Waals surface area contributed by atoms with Crippen molar-refractivity contribution in [2.75, 3.05) is 6.26 Å². The van der Waals surface area contributed by atoms with Crippen LogP contribution in [-0.4, -0.2) is 6.26 Å². The lowest BCUT2D eigenvalue weighted by Crippen LogP contribution is -1.76. The number of rotatable bonds is 1. The summed E-state index contributed by atoms with van der Waals surface area (Å²) in [6.45, 7) is 0. The van der Waals surface area contributed by atoms with Crippen LogP contribution in [0.1, 0.15) is 0 Å². The zero-order valence-corrected chi connectivity index (χ0v) is 6.43. The molecule has 0 saturated carbocycles. The lowest BCUT2D eigenvalue weighted by molar-refractivity contribution is 0.0850. The van der Waals surface area contributed by atoms with Crippen molar-refractivity contribution in [2.45, 2.75) is 4.90 Å². The van der Waals surface area contributed by atoms with Gasteiger partial charge in [0, 0.05) is 6.26 Å². The Kier molecular flexibility index (Phi) is 1.23. The molecular weight excluding hydrogens is 148 g/mol. The van der Waals surface area contributed by atoms with Crippen molar-refractivity contribution in [3.05, 3.63) is 30.3 Å². The van der Waals surface area contributed by atoms with Gasteiger partial charge >= 0.3 is 0 Å². The summed E-state index contributed by atoms with van der Waals surface area (Å²) in [7, 11) is -1.25. The maximum atomic E-state index is 4.87. The third-order valence-corrected chi connectivity index (χ3v) is 3.12. The molecule has 0 aliphatic carbocycles. The molecule has 0 radical (unpaired) electrons. The molecule has 0 unspecified atom stereocenters. The van der Waals surface area contributed by atoms with Gasteiger partial charge in [-0.15, -0.1) is 10.6 Å². The van der Waals surface area contributed by atoms with E-state index in [0.29, 0.717) is 0 Å². The highest BCUT2D eigenvalue weighted by atomic mass is 32.3. The summed E-state index contributed by atoms with van der Waals surface area (Å²) < 4.78 is 9.73. The van der Waals surface area contributed by atoms with E-state index >= 15 is 0 Å². The maximum Gasteiger partial charge on any atom is 0.0645 e. The largest absolute Gasteiger partial charge is 0.102 e. The van der Waals surface area contributed by atoms with Crippen molar-refractivity contribution in [1.82, 2.24) is 0 Å². The summed E-state index contributed by atoms with van der Waals surface area (Å²) in [6.07, 6.45) is 1.97. The summed E-state index contributed by atoms with van der Waals surface area (Å²) >= 11 is 0. The van der Waals surface area contributed by atoms with E-state index in [1.165, 1.54) is 0 Å².